The Hall–Kier alpha value is -1.27. The van der Waals surface area contributed by atoms with E-state index >= 15 is 0 Å². The normalized spacial score (nSPS) is 23.5. The Morgan fingerprint density at radius 3 is 2.19 bits per heavy atom. The molecule has 0 aromatic rings. The van der Waals surface area contributed by atoms with E-state index in [9.17, 15) is 20.1 Å². The van der Waals surface area contributed by atoms with Gasteiger partial charge in [0, 0.05) is 0 Å². The van der Waals surface area contributed by atoms with E-state index in [0.717, 1.165) is 0 Å². The summed E-state index contributed by atoms with van der Waals surface area (Å²) in [7, 11) is 0. The molecule has 0 amide bonds. The molecule has 0 saturated carbocycles. The van der Waals surface area contributed by atoms with Gasteiger partial charge in [0.2, 0.25) is 5.76 Å². The van der Waals surface area contributed by atoms with Crippen molar-refractivity contribution in [1.29, 1.82) is 0 Å². The maximum atomic E-state index is 10.9. The van der Waals surface area contributed by atoms with Gasteiger partial charge in [0.05, 0.1) is 5.60 Å². The minimum Gasteiger partial charge on any atom is -0.505 e. The van der Waals surface area contributed by atoms with E-state index in [-0.39, 0.29) is 12.8 Å². The molecular weight excluding hydrogens is 216 g/mol. The molecule has 0 radical (unpaired) electrons. The number of carbonyl (C=O) groups is 1. The van der Waals surface area contributed by atoms with Crippen molar-refractivity contribution in [3.63, 3.8) is 0 Å². The van der Waals surface area contributed by atoms with Crippen molar-refractivity contribution in [2.45, 2.75) is 44.5 Å². The molecule has 0 unspecified atom stereocenters. The molecule has 0 bridgehead atoms. The maximum absolute atomic E-state index is 10.9. The monoisotopic (exact) mass is 232 g/mol. The average molecular weight is 232 g/mol. The summed E-state index contributed by atoms with van der Waals surface area (Å²) in [6, 6.07) is 0. The first-order chi connectivity index (χ1) is 7.37. The highest BCUT2D eigenvalue weighted by atomic mass is 16.6. The number of hydrogen-bond donors (Lipinski definition) is 4. The summed E-state index contributed by atoms with van der Waals surface area (Å²) >= 11 is 0. The molecule has 1 aliphatic rings. The van der Waals surface area contributed by atoms with E-state index in [1.165, 1.54) is 0 Å². The molecule has 0 fully saturated rings. The number of cyclic esters (lactones) is 1. The van der Waals surface area contributed by atoms with Crippen molar-refractivity contribution in [3.8, 4) is 0 Å². The third-order valence-corrected chi connectivity index (χ3v) is 3.00. The largest absolute Gasteiger partial charge is 0.505 e. The Balaban J connectivity index is 2.92. The van der Waals surface area contributed by atoms with Gasteiger partial charge in [-0.1, -0.05) is 13.8 Å². The lowest BCUT2D eigenvalue weighted by molar-refractivity contribution is -0.161. The average Bonchev–Trinajstić information content (AvgIpc) is 2.55. The van der Waals surface area contributed by atoms with Crippen LogP contribution in [0.2, 0.25) is 0 Å². The van der Waals surface area contributed by atoms with Gasteiger partial charge in [-0.05, 0) is 12.8 Å². The number of rotatable bonds is 4. The molecule has 2 atom stereocenters. The van der Waals surface area contributed by atoms with Gasteiger partial charge >= 0.3 is 5.97 Å². The Bertz CT molecular complexity index is 317. The predicted molar refractivity (Wildman–Crippen MR) is 53.7 cm³/mol. The van der Waals surface area contributed by atoms with Crippen molar-refractivity contribution < 1.29 is 30.0 Å². The minimum absolute atomic E-state index is 0.229. The van der Waals surface area contributed by atoms with Gasteiger partial charge < -0.3 is 25.2 Å². The number of carbonyl (C=O) groups excluding carboxylic acids is 1. The van der Waals surface area contributed by atoms with Crippen molar-refractivity contribution >= 4 is 5.97 Å². The quantitative estimate of drug-likeness (QED) is 0.514. The zero-order valence-corrected chi connectivity index (χ0v) is 9.17. The van der Waals surface area contributed by atoms with E-state index < -0.39 is 35.3 Å². The van der Waals surface area contributed by atoms with E-state index in [2.05, 4.69) is 4.74 Å². The lowest BCUT2D eigenvalue weighted by Gasteiger charge is -2.33. The second-order valence-corrected chi connectivity index (χ2v) is 3.82. The Morgan fingerprint density at radius 1 is 1.38 bits per heavy atom. The fourth-order valence-electron chi connectivity index (χ4n) is 1.63. The van der Waals surface area contributed by atoms with Crippen LogP contribution in [0.3, 0.4) is 0 Å². The van der Waals surface area contributed by atoms with Crippen LogP contribution in [-0.4, -0.2) is 44.2 Å². The summed E-state index contributed by atoms with van der Waals surface area (Å²) in [5, 5.41) is 38.3. The molecule has 4 N–H and O–H groups in total. The van der Waals surface area contributed by atoms with Gasteiger partial charge in [0.25, 0.3) is 0 Å². The van der Waals surface area contributed by atoms with Crippen molar-refractivity contribution in [3.05, 3.63) is 11.5 Å². The molecule has 6 nitrogen and oxygen atoms in total. The number of hydrogen-bond acceptors (Lipinski definition) is 6. The maximum Gasteiger partial charge on any atom is 0.377 e. The minimum atomic E-state index is -1.48. The third-order valence-electron chi connectivity index (χ3n) is 3.00. The summed E-state index contributed by atoms with van der Waals surface area (Å²) in [5.41, 5.74) is -1.47. The summed E-state index contributed by atoms with van der Waals surface area (Å²) in [6.07, 6.45) is -2.42. The molecule has 6 heteroatoms. The zero-order chi connectivity index (χ0) is 12.5. The zero-order valence-electron chi connectivity index (χ0n) is 9.17. The molecular formula is C10H16O6. The molecule has 16 heavy (non-hydrogen) atoms. The molecule has 0 aromatic heterocycles. The predicted octanol–water partition coefficient (Wildman–Crippen LogP) is 0.151. The van der Waals surface area contributed by atoms with E-state index in [0.29, 0.717) is 0 Å². The SMILES string of the molecule is CCC(O)(CC)[C@H](O)[C@H]1OC(=O)C(O)=C1O. The molecule has 1 aliphatic heterocycles. The summed E-state index contributed by atoms with van der Waals surface area (Å²) in [5.74, 6) is -2.76. The highest BCUT2D eigenvalue weighted by Gasteiger charge is 2.47. The summed E-state index contributed by atoms with van der Waals surface area (Å²) in [6.45, 7) is 3.31. The molecule has 0 spiro atoms. The molecule has 0 saturated heterocycles. The van der Waals surface area contributed by atoms with Crippen molar-refractivity contribution in [2.75, 3.05) is 0 Å². The molecule has 1 heterocycles. The van der Waals surface area contributed by atoms with Crippen LogP contribution in [-0.2, 0) is 9.53 Å². The van der Waals surface area contributed by atoms with Crippen LogP contribution < -0.4 is 0 Å². The van der Waals surface area contributed by atoms with Gasteiger partial charge in [0.1, 0.15) is 6.10 Å². The third kappa shape index (κ3) is 1.85. The second-order valence-electron chi connectivity index (χ2n) is 3.82. The number of aliphatic hydroxyl groups excluding tert-OH is 3. The molecule has 0 aromatic carbocycles. The fraction of sp³-hybridized carbons (Fsp3) is 0.700. The first kappa shape index (κ1) is 12.8. The Labute approximate surface area is 92.8 Å². The summed E-state index contributed by atoms with van der Waals surface area (Å²) < 4.78 is 4.57. The lowest BCUT2D eigenvalue weighted by Crippen LogP contribution is -2.49. The van der Waals surface area contributed by atoms with E-state index in [4.69, 9.17) is 5.11 Å². The Morgan fingerprint density at radius 2 is 1.88 bits per heavy atom. The number of esters is 1. The van der Waals surface area contributed by atoms with E-state index in [1.807, 2.05) is 0 Å². The molecule has 0 aliphatic carbocycles. The standard InChI is InChI=1S/C10H16O6/c1-3-10(15,4-2)8(13)7-5(11)6(12)9(14)16-7/h7-8,11-13,15H,3-4H2,1-2H3/t7-,8+/m0/s1. The van der Waals surface area contributed by atoms with Gasteiger partial charge in [-0.25, -0.2) is 4.79 Å². The van der Waals surface area contributed by atoms with Gasteiger partial charge in [-0.3, -0.25) is 0 Å². The summed E-state index contributed by atoms with van der Waals surface area (Å²) in [4.78, 5) is 10.9. The van der Waals surface area contributed by atoms with Crippen molar-refractivity contribution in [2.24, 2.45) is 0 Å². The first-order valence-corrected chi connectivity index (χ1v) is 5.10. The van der Waals surface area contributed by atoms with E-state index in [1.54, 1.807) is 13.8 Å². The Kier molecular flexibility index (Phi) is 3.44. The van der Waals surface area contributed by atoms with Crippen molar-refractivity contribution in [1.82, 2.24) is 0 Å². The lowest BCUT2D eigenvalue weighted by atomic mass is 9.87. The van der Waals surface area contributed by atoms with Gasteiger partial charge in [-0.2, -0.15) is 0 Å². The molecule has 1 rings (SSSR count). The van der Waals surface area contributed by atoms with Gasteiger partial charge in [-0.15, -0.1) is 0 Å². The number of aliphatic hydroxyl groups is 4. The van der Waals surface area contributed by atoms with Gasteiger partial charge in [0.15, 0.2) is 11.9 Å². The smallest absolute Gasteiger partial charge is 0.377 e. The highest BCUT2D eigenvalue weighted by Crippen LogP contribution is 2.30. The van der Waals surface area contributed by atoms with Crippen LogP contribution >= 0.6 is 0 Å². The fourth-order valence-corrected chi connectivity index (χ4v) is 1.63. The van der Waals surface area contributed by atoms with Crippen LogP contribution in [0.5, 0.6) is 0 Å². The second kappa shape index (κ2) is 4.31. The highest BCUT2D eigenvalue weighted by molar-refractivity contribution is 5.89. The van der Waals surface area contributed by atoms with Crippen LogP contribution in [0, 0.1) is 0 Å². The van der Waals surface area contributed by atoms with Crippen LogP contribution in [0.25, 0.3) is 0 Å². The first-order valence-electron chi connectivity index (χ1n) is 5.10. The number of ether oxygens (including phenoxy) is 1. The topological polar surface area (TPSA) is 107 Å². The van der Waals surface area contributed by atoms with Crippen LogP contribution in [0.1, 0.15) is 26.7 Å². The van der Waals surface area contributed by atoms with Crippen LogP contribution in [0.4, 0.5) is 0 Å². The van der Waals surface area contributed by atoms with Crippen LogP contribution in [0.15, 0.2) is 11.5 Å². The molecule has 92 valence electrons.